The van der Waals surface area contributed by atoms with Crippen molar-refractivity contribution in [1.82, 2.24) is 14.7 Å². The lowest BCUT2D eigenvalue weighted by atomic mass is 10.2. The molecule has 0 radical (unpaired) electrons. The Hall–Kier alpha value is -1.34. The van der Waals surface area contributed by atoms with Gasteiger partial charge in [-0.1, -0.05) is 0 Å². The molecule has 1 unspecified atom stereocenters. The molecule has 2 amide bonds. The fraction of sp³-hybridized carbons (Fsp3) is 0.857. The van der Waals surface area contributed by atoms with Gasteiger partial charge in [0, 0.05) is 26.2 Å². The highest BCUT2D eigenvalue weighted by Crippen LogP contribution is 2.11. The van der Waals surface area contributed by atoms with E-state index < -0.39 is 12.1 Å². The topological polar surface area (TPSA) is 73.3 Å². The van der Waals surface area contributed by atoms with Crippen molar-refractivity contribution in [2.24, 2.45) is 0 Å². The van der Waals surface area contributed by atoms with Gasteiger partial charge in [0.1, 0.15) is 0 Å². The predicted molar refractivity (Wildman–Crippen MR) is 79.4 cm³/mol. The minimum Gasteiger partial charge on any atom is -0.481 e. The molecule has 1 aliphatic rings. The van der Waals surface area contributed by atoms with Crippen LogP contribution in [0.15, 0.2) is 0 Å². The molecule has 1 heterocycles. The molecular weight excluding hydrogens is 274 g/mol. The number of hydrogen-bond donors (Lipinski definition) is 1. The Bertz CT molecular complexity index is 349. The molecule has 0 saturated carbocycles. The van der Waals surface area contributed by atoms with E-state index in [-0.39, 0.29) is 12.5 Å². The number of nitrogens with zero attached hydrogens (tertiary/aromatic N) is 3. The van der Waals surface area contributed by atoms with Crippen LogP contribution in [-0.2, 0) is 9.53 Å². The lowest BCUT2D eigenvalue weighted by molar-refractivity contribution is -0.141. The Morgan fingerprint density at radius 3 is 2.62 bits per heavy atom. The number of morpholine rings is 1. The third kappa shape index (κ3) is 6.31. The van der Waals surface area contributed by atoms with Gasteiger partial charge in [-0.25, -0.2) is 4.79 Å². The first kappa shape index (κ1) is 17.7. The number of carbonyl (C=O) groups is 2. The van der Waals surface area contributed by atoms with Gasteiger partial charge < -0.3 is 24.5 Å². The number of carboxylic acid groups (broad SMARTS) is 1. The van der Waals surface area contributed by atoms with Crippen LogP contribution in [0.3, 0.4) is 0 Å². The summed E-state index contributed by atoms with van der Waals surface area (Å²) >= 11 is 0. The van der Waals surface area contributed by atoms with Gasteiger partial charge in [-0.05, 0) is 34.0 Å². The van der Waals surface area contributed by atoms with Gasteiger partial charge in [0.2, 0.25) is 0 Å². The predicted octanol–water partition coefficient (Wildman–Crippen LogP) is 0.556. The average Bonchev–Trinajstić information content (AvgIpc) is 2.42. The lowest BCUT2D eigenvalue weighted by Gasteiger charge is -2.36. The standard InChI is InChI=1S/C14H27N3O4/c1-4-16(7-5-6-15(2)3)14(20)17-8-9-21-12(11-17)10-13(18)19/h12H,4-11H2,1-3H3,(H,18,19). The summed E-state index contributed by atoms with van der Waals surface area (Å²) in [5.74, 6) is -0.896. The molecule has 1 aliphatic heterocycles. The number of carboxylic acids is 1. The normalized spacial score (nSPS) is 18.9. The highest BCUT2D eigenvalue weighted by molar-refractivity contribution is 5.74. The monoisotopic (exact) mass is 301 g/mol. The summed E-state index contributed by atoms with van der Waals surface area (Å²) in [5.41, 5.74) is 0. The largest absolute Gasteiger partial charge is 0.481 e. The van der Waals surface area contributed by atoms with Crippen molar-refractivity contribution in [2.45, 2.75) is 25.9 Å². The van der Waals surface area contributed by atoms with Crippen molar-refractivity contribution in [3.05, 3.63) is 0 Å². The number of rotatable bonds is 7. The summed E-state index contributed by atoms with van der Waals surface area (Å²) in [6.45, 7) is 5.56. The van der Waals surface area contributed by atoms with Crippen molar-refractivity contribution in [2.75, 3.05) is 53.4 Å². The van der Waals surface area contributed by atoms with Gasteiger partial charge in [-0.2, -0.15) is 0 Å². The minimum absolute atomic E-state index is 0.0186. The van der Waals surface area contributed by atoms with Crippen LogP contribution in [0.5, 0.6) is 0 Å². The Balaban J connectivity index is 2.48. The summed E-state index contributed by atoms with van der Waals surface area (Å²) in [7, 11) is 4.02. The van der Waals surface area contributed by atoms with Crippen molar-refractivity contribution >= 4 is 12.0 Å². The number of ether oxygens (including phenoxy) is 1. The molecule has 1 atom stereocenters. The highest BCUT2D eigenvalue weighted by Gasteiger charge is 2.28. The SMILES string of the molecule is CCN(CCCN(C)C)C(=O)N1CCOC(CC(=O)O)C1. The number of urea groups is 1. The molecule has 0 aromatic heterocycles. The van der Waals surface area contributed by atoms with Gasteiger partial charge >= 0.3 is 12.0 Å². The zero-order valence-corrected chi connectivity index (χ0v) is 13.2. The quantitative estimate of drug-likeness (QED) is 0.743. The Morgan fingerprint density at radius 1 is 1.33 bits per heavy atom. The van der Waals surface area contributed by atoms with Crippen LogP contribution in [-0.4, -0.2) is 91.3 Å². The van der Waals surface area contributed by atoms with E-state index in [1.54, 1.807) is 4.90 Å². The van der Waals surface area contributed by atoms with E-state index in [2.05, 4.69) is 4.90 Å². The molecule has 7 nitrogen and oxygen atoms in total. The number of amides is 2. The van der Waals surface area contributed by atoms with Crippen LogP contribution in [0.1, 0.15) is 19.8 Å². The third-order valence-corrected chi connectivity index (χ3v) is 3.50. The molecule has 0 spiro atoms. The van der Waals surface area contributed by atoms with Gasteiger partial charge in [0.25, 0.3) is 0 Å². The second-order valence-electron chi connectivity index (χ2n) is 5.56. The third-order valence-electron chi connectivity index (χ3n) is 3.50. The summed E-state index contributed by atoms with van der Waals surface area (Å²) < 4.78 is 5.40. The summed E-state index contributed by atoms with van der Waals surface area (Å²) in [5, 5.41) is 8.82. The van der Waals surface area contributed by atoms with Gasteiger partial charge in [0.05, 0.1) is 19.1 Å². The van der Waals surface area contributed by atoms with E-state index in [0.717, 1.165) is 13.0 Å². The van der Waals surface area contributed by atoms with Crippen LogP contribution in [0, 0.1) is 0 Å². The zero-order valence-electron chi connectivity index (χ0n) is 13.2. The molecule has 0 bridgehead atoms. The van der Waals surface area contributed by atoms with E-state index in [9.17, 15) is 9.59 Å². The maximum Gasteiger partial charge on any atom is 0.320 e. The first-order valence-electron chi connectivity index (χ1n) is 7.46. The molecule has 7 heteroatoms. The molecule has 1 N–H and O–H groups in total. The minimum atomic E-state index is -0.896. The van der Waals surface area contributed by atoms with E-state index in [1.165, 1.54) is 0 Å². The molecule has 1 rings (SSSR count). The first-order valence-corrected chi connectivity index (χ1v) is 7.46. The maximum atomic E-state index is 12.5. The number of aliphatic carboxylic acids is 1. The molecular formula is C14H27N3O4. The van der Waals surface area contributed by atoms with Gasteiger partial charge in [-0.3, -0.25) is 4.79 Å². The Morgan fingerprint density at radius 2 is 2.05 bits per heavy atom. The van der Waals surface area contributed by atoms with Crippen LogP contribution in [0.2, 0.25) is 0 Å². The first-order chi connectivity index (χ1) is 9.93. The molecule has 21 heavy (non-hydrogen) atoms. The molecule has 1 fully saturated rings. The molecule has 1 saturated heterocycles. The van der Waals surface area contributed by atoms with E-state index in [4.69, 9.17) is 9.84 Å². The Kier molecular flexibility index (Phi) is 7.45. The molecule has 122 valence electrons. The number of carbonyl (C=O) groups excluding carboxylic acids is 1. The number of hydrogen-bond acceptors (Lipinski definition) is 4. The summed E-state index contributed by atoms with van der Waals surface area (Å²) in [4.78, 5) is 28.8. The fourth-order valence-electron chi connectivity index (χ4n) is 2.38. The summed E-state index contributed by atoms with van der Waals surface area (Å²) in [6, 6.07) is -0.0186. The molecule has 0 aromatic rings. The van der Waals surface area contributed by atoms with Crippen LogP contribution in [0.4, 0.5) is 4.79 Å². The van der Waals surface area contributed by atoms with Crippen molar-refractivity contribution < 1.29 is 19.4 Å². The van der Waals surface area contributed by atoms with Crippen LogP contribution in [0.25, 0.3) is 0 Å². The second kappa shape index (κ2) is 8.84. The maximum absolute atomic E-state index is 12.5. The summed E-state index contributed by atoms with van der Waals surface area (Å²) in [6.07, 6.45) is 0.465. The van der Waals surface area contributed by atoms with Gasteiger partial charge in [0.15, 0.2) is 0 Å². The lowest BCUT2D eigenvalue weighted by Crippen LogP contribution is -2.51. The zero-order chi connectivity index (χ0) is 15.8. The van der Waals surface area contributed by atoms with Crippen molar-refractivity contribution in [3.8, 4) is 0 Å². The van der Waals surface area contributed by atoms with Crippen LogP contribution < -0.4 is 0 Å². The fourth-order valence-corrected chi connectivity index (χ4v) is 2.38. The smallest absolute Gasteiger partial charge is 0.320 e. The highest BCUT2D eigenvalue weighted by atomic mass is 16.5. The van der Waals surface area contributed by atoms with E-state index >= 15 is 0 Å². The van der Waals surface area contributed by atoms with E-state index in [0.29, 0.717) is 32.8 Å². The van der Waals surface area contributed by atoms with Crippen molar-refractivity contribution in [1.29, 1.82) is 0 Å². The second-order valence-corrected chi connectivity index (χ2v) is 5.56. The van der Waals surface area contributed by atoms with Crippen molar-refractivity contribution in [3.63, 3.8) is 0 Å². The van der Waals surface area contributed by atoms with Crippen LogP contribution >= 0.6 is 0 Å². The van der Waals surface area contributed by atoms with E-state index in [1.807, 2.05) is 25.9 Å². The molecule has 0 aromatic carbocycles. The van der Waals surface area contributed by atoms with Gasteiger partial charge in [-0.15, -0.1) is 0 Å². The molecule has 0 aliphatic carbocycles. The average molecular weight is 301 g/mol. The Labute approximate surface area is 126 Å².